The molecular formula is C21H27N3O3S. The SMILES string of the molecule is Cc1nc(NC(=O)c2ccc(OCC(=O)N3[C@@H](C)CCC[C@@H]3C)cc2)sc1C. The number of hydrogen-bond donors (Lipinski definition) is 1. The predicted molar refractivity (Wildman–Crippen MR) is 111 cm³/mol. The Bertz CT molecular complexity index is 818. The summed E-state index contributed by atoms with van der Waals surface area (Å²) in [6.45, 7) is 8.08. The van der Waals surface area contributed by atoms with Crippen LogP contribution in [0.2, 0.25) is 0 Å². The van der Waals surface area contributed by atoms with E-state index in [0.29, 0.717) is 16.4 Å². The number of nitrogens with zero attached hydrogens (tertiary/aromatic N) is 2. The van der Waals surface area contributed by atoms with Gasteiger partial charge in [0.05, 0.1) is 5.69 Å². The van der Waals surface area contributed by atoms with E-state index < -0.39 is 0 Å². The summed E-state index contributed by atoms with van der Waals surface area (Å²) in [5, 5.41) is 3.40. The number of aryl methyl sites for hydroxylation is 2. The van der Waals surface area contributed by atoms with Crippen molar-refractivity contribution >= 4 is 28.3 Å². The lowest BCUT2D eigenvalue weighted by Crippen LogP contribution is -2.49. The number of rotatable bonds is 5. The van der Waals surface area contributed by atoms with Crippen LogP contribution in [0.15, 0.2) is 24.3 Å². The molecule has 1 saturated heterocycles. The topological polar surface area (TPSA) is 71.5 Å². The van der Waals surface area contributed by atoms with E-state index in [4.69, 9.17) is 4.74 Å². The molecule has 1 fully saturated rings. The van der Waals surface area contributed by atoms with Gasteiger partial charge >= 0.3 is 0 Å². The normalized spacial score (nSPS) is 19.4. The minimum Gasteiger partial charge on any atom is -0.484 e. The molecule has 2 heterocycles. The number of nitrogens with one attached hydrogen (secondary N) is 1. The molecule has 1 aliphatic heterocycles. The van der Waals surface area contributed by atoms with Crippen LogP contribution in [0.25, 0.3) is 0 Å². The van der Waals surface area contributed by atoms with Crippen LogP contribution >= 0.6 is 11.3 Å². The van der Waals surface area contributed by atoms with Crippen molar-refractivity contribution in [1.82, 2.24) is 9.88 Å². The first-order valence-electron chi connectivity index (χ1n) is 9.64. The van der Waals surface area contributed by atoms with E-state index >= 15 is 0 Å². The van der Waals surface area contributed by atoms with Crippen molar-refractivity contribution in [3.63, 3.8) is 0 Å². The van der Waals surface area contributed by atoms with Crippen LogP contribution < -0.4 is 10.1 Å². The number of piperidine rings is 1. The lowest BCUT2D eigenvalue weighted by molar-refractivity contribution is -0.139. The van der Waals surface area contributed by atoms with Crippen molar-refractivity contribution < 1.29 is 14.3 Å². The third kappa shape index (κ3) is 4.70. The van der Waals surface area contributed by atoms with Crippen LogP contribution in [0.5, 0.6) is 5.75 Å². The van der Waals surface area contributed by atoms with Gasteiger partial charge in [0, 0.05) is 22.5 Å². The zero-order valence-electron chi connectivity index (χ0n) is 16.8. The highest BCUT2D eigenvalue weighted by Crippen LogP contribution is 2.24. The largest absolute Gasteiger partial charge is 0.484 e. The third-order valence-electron chi connectivity index (χ3n) is 5.21. The molecule has 150 valence electrons. The molecule has 7 heteroatoms. The maximum absolute atomic E-state index is 12.5. The van der Waals surface area contributed by atoms with Crippen LogP contribution in [0.1, 0.15) is 54.0 Å². The Labute approximate surface area is 169 Å². The van der Waals surface area contributed by atoms with Gasteiger partial charge in [0.25, 0.3) is 11.8 Å². The molecule has 0 unspecified atom stereocenters. The molecule has 2 aromatic rings. The van der Waals surface area contributed by atoms with E-state index in [1.54, 1.807) is 24.3 Å². The zero-order chi connectivity index (χ0) is 20.3. The van der Waals surface area contributed by atoms with E-state index in [1.807, 2.05) is 18.7 Å². The molecule has 1 aliphatic rings. The Kier molecular flexibility index (Phi) is 6.34. The third-order valence-corrected chi connectivity index (χ3v) is 6.20. The van der Waals surface area contributed by atoms with Crippen LogP contribution in [-0.4, -0.2) is 40.4 Å². The van der Waals surface area contributed by atoms with Crippen molar-refractivity contribution in [2.45, 2.75) is 59.0 Å². The fourth-order valence-electron chi connectivity index (χ4n) is 3.53. The van der Waals surface area contributed by atoms with Gasteiger partial charge in [-0.05, 0) is 71.2 Å². The van der Waals surface area contributed by atoms with E-state index in [9.17, 15) is 9.59 Å². The first-order chi connectivity index (χ1) is 13.3. The Hall–Kier alpha value is -2.41. The quantitative estimate of drug-likeness (QED) is 0.816. The van der Waals surface area contributed by atoms with Crippen LogP contribution in [0.3, 0.4) is 0 Å². The predicted octanol–water partition coefficient (Wildman–Crippen LogP) is 4.18. The second-order valence-electron chi connectivity index (χ2n) is 7.36. The summed E-state index contributed by atoms with van der Waals surface area (Å²) < 4.78 is 5.66. The van der Waals surface area contributed by atoms with Crippen molar-refractivity contribution in [2.24, 2.45) is 0 Å². The molecule has 0 aliphatic carbocycles. The molecule has 1 N–H and O–H groups in total. The highest BCUT2D eigenvalue weighted by atomic mass is 32.1. The van der Waals surface area contributed by atoms with Crippen molar-refractivity contribution in [2.75, 3.05) is 11.9 Å². The number of carbonyl (C=O) groups is 2. The van der Waals surface area contributed by atoms with Gasteiger partial charge in [-0.3, -0.25) is 14.9 Å². The number of ether oxygens (including phenoxy) is 1. The van der Waals surface area contributed by atoms with Gasteiger partial charge in [0.1, 0.15) is 5.75 Å². The molecule has 3 rings (SSSR count). The first-order valence-corrected chi connectivity index (χ1v) is 10.5. The Balaban J connectivity index is 1.55. The van der Waals surface area contributed by atoms with Gasteiger partial charge in [-0.1, -0.05) is 0 Å². The Morgan fingerprint density at radius 1 is 1.18 bits per heavy atom. The minimum absolute atomic E-state index is 0.0102. The summed E-state index contributed by atoms with van der Waals surface area (Å²) in [6.07, 6.45) is 3.24. The van der Waals surface area contributed by atoms with Crippen molar-refractivity contribution in [1.29, 1.82) is 0 Å². The summed E-state index contributed by atoms with van der Waals surface area (Å²) in [4.78, 5) is 32.2. The smallest absolute Gasteiger partial charge is 0.260 e. The first kappa shape index (κ1) is 20.3. The zero-order valence-corrected chi connectivity index (χ0v) is 17.6. The maximum Gasteiger partial charge on any atom is 0.260 e. The van der Waals surface area contributed by atoms with Crippen molar-refractivity contribution in [3.8, 4) is 5.75 Å². The maximum atomic E-state index is 12.5. The molecule has 6 nitrogen and oxygen atoms in total. The number of thiazole rings is 1. The van der Waals surface area contributed by atoms with Crippen LogP contribution in [-0.2, 0) is 4.79 Å². The van der Waals surface area contributed by atoms with E-state index in [1.165, 1.54) is 11.3 Å². The fourth-order valence-corrected chi connectivity index (χ4v) is 4.34. The molecule has 1 aromatic carbocycles. The van der Waals surface area contributed by atoms with E-state index in [2.05, 4.69) is 24.1 Å². The molecule has 1 aromatic heterocycles. The summed E-state index contributed by atoms with van der Waals surface area (Å²) in [5.74, 6) is 0.367. The highest BCUT2D eigenvalue weighted by molar-refractivity contribution is 7.15. The monoisotopic (exact) mass is 401 g/mol. The average Bonchev–Trinajstić information content (AvgIpc) is 2.97. The summed E-state index contributed by atoms with van der Waals surface area (Å²) in [6, 6.07) is 7.31. The van der Waals surface area contributed by atoms with Gasteiger partial charge < -0.3 is 9.64 Å². The average molecular weight is 402 g/mol. The van der Waals surface area contributed by atoms with Gasteiger partial charge in [-0.25, -0.2) is 4.98 Å². The lowest BCUT2D eigenvalue weighted by Gasteiger charge is -2.38. The number of hydrogen-bond acceptors (Lipinski definition) is 5. The van der Waals surface area contributed by atoms with Gasteiger partial charge in [-0.15, -0.1) is 11.3 Å². The van der Waals surface area contributed by atoms with Gasteiger partial charge in [0.15, 0.2) is 11.7 Å². The molecule has 2 amide bonds. The lowest BCUT2D eigenvalue weighted by atomic mass is 9.97. The second-order valence-corrected chi connectivity index (χ2v) is 8.56. The van der Waals surface area contributed by atoms with Crippen LogP contribution in [0.4, 0.5) is 5.13 Å². The number of aromatic nitrogens is 1. The number of likely N-dealkylation sites (tertiary alicyclic amines) is 1. The summed E-state index contributed by atoms with van der Waals surface area (Å²) >= 11 is 1.46. The number of anilines is 1. The molecule has 2 atom stereocenters. The minimum atomic E-state index is -0.215. The number of benzene rings is 1. The van der Waals surface area contributed by atoms with E-state index in [-0.39, 0.29) is 30.5 Å². The molecule has 0 saturated carbocycles. The molecule has 0 spiro atoms. The molecule has 0 radical (unpaired) electrons. The molecule has 28 heavy (non-hydrogen) atoms. The Morgan fingerprint density at radius 3 is 2.39 bits per heavy atom. The number of carbonyl (C=O) groups excluding carboxylic acids is 2. The Morgan fingerprint density at radius 2 is 1.82 bits per heavy atom. The van der Waals surface area contributed by atoms with Gasteiger partial charge in [0.2, 0.25) is 0 Å². The molecular weight excluding hydrogens is 374 g/mol. The van der Waals surface area contributed by atoms with Gasteiger partial charge in [-0.2, -0.15) is 0 Å². The van der Waals surface area contributed by atoms with Crippen molar-refractivity contribution in [3.05, 3.63) is 40.4 Å². The number of amides is 2. The second kappa shape index (κ2) is 8.73. The fraction of sp³-hybridized carbons (Fsp3) is 0.476. The standard InChI is InChI=1S/C21H27N3O3S/c1-13-6-5-7-14(2)24(13)19(25)12-27-18-10-8-17(9-11-18)20(26)23-21-22-15(3)16(4)28-21/h8-11,13-14H,5-7,12H2,1-4H3,(H,22,23,26)/t13-,14-/m0/s1. The van der Waals surface area contributed by atoms with Crippen LogP contribution in [0, 0.1) is 13.8 Å². The summed E-state index contributed by atoms with van der Waals surface area (Å²) in [7, 11) is 0. The highest BCUT2D eigenvalue weighted by Gasteiger charge is 2.28. The molecule has 0 bridgehead atoms. The summed E-state index contributed by atoms with van der Waals surface area (Å²) in [5.41, 5.74) is 1.44. The van der Waals surface area contributed by atoms with E-state index in [0.717, 1.165) is 29.8 Å².